The molecule has 15 heavy (non-hydrogen) atoms. The van der Waals surface area contributed by atoms with Crippen LogP contribution in [0.1, 0.15) is 0 Å². The summed E-state index contributed by atoms with van der Waals surface area (Å²) in [6, 6.07) is 0.675. The molecule has 0 aliphatic heterocycles. The first-order chi connectivity index (χ1) is 6.97. The van der Waals surface area contributed by atoms with Crippen LogP contribution in [0, 0.1) is 0 Å². The summed E-state index contributed by atoms with van der Waals surface area (Å²) in [5.41, 5.74) is 5.04. The van der Waals surface area contributed by atoms with E-state index in [0.717, 1.165) is 0 Å². The molecule has 2 N–H and O–H groups in total. The van der Waals surface area contributed by atoms with Gasteiger partial charge < -0.3 is 15.2 Å². The lowest BCUT2D eigenvalue weighted by Crippen LogP contribution is -2.09. The zero-order valence-corrected chi connectivity index (χ0v) is 7.03. The third-order valence-electron chi connectivity index (χ3n) is 1.12. The zero-order chi connectivity index (χ0) is 11.4. The van der Waals surface area contributed by atoms with Crippen LogP contribution in [0.5, 0.6) is 11.8 Å². The predicted octanol–water partition coefficient (Wildman–Crippen LogP) is 1.26. The van der Waals surface area contributed by atoms with Crippen LogP contribution in [0.3, 0.4) is 0 Å². The molecule has 0 amide bonds. The normalized spacial score (nSPS) is 10.8. The van der Waals surface area contributed by atoms with Crippen molar-refractivity contribution in [3.05, 3.63) is 6.07 Å². The number of aromatic nitrogens is 2. The van der Waals surface area contributed by atoms with Crippen LogP contribution in [0.25, 0.3) is 0 Å². The summed E-state index contributed by atoms with van der Waals surface area (Å²) in [6.07, 6.45) is 0. The molecule has 0 aliphatic rings. The first kappa shape index (κ1) is 11.3. The molecule has 0 unspecified atom stereocenters. The van der Waals surface area contributed by atoms with Gasteiger partial charge in [-0.1, -0.05) is 0 Å². The van der Waals surface area contributed by atoms with E-state index in [-0.39, 0.29) is 0 Å². The highest BCUT2D eigenvalue weighted by atomic mass is 19.3. The molecule has 0 atom stereocenters. The number of hydrogen-bond donors (Lipinski definition) is 1. The summed E-state index contributed by atoms with van der Waals surface area (Å²) >= 11 is 0. The summed E-state index contributed by atoms with van der Waals surface area (Å²) < 4.78 is 54.6. The molecule has 1 rings (SSSR count). The quantitative estimate of drug-likeness (QED) is 0.784. The minimum atomic E-state index is -3.14. The van der Waals surface area contributed by atoms with Crippen LogP contribution in [0.15, 0.2) is 6.07 Å². The van der Waals surface area contributed by atoms with Gasteiger partial charge in [-0.3, -0.25) is 0 Å². The van der Waals surface area contributed by atoms with Gasteiger partial charge >= 0.3 is 13.2 Å². The number of hydrogen-bond acceptors (Lipinski definition) is 5. The third kappa shape index (κ3) is 3.83. The van der Waals surface area contributed by atoms with Gasteiger partial charge in [0.1, 0.15) is 0 Å². The highest BCUT2D eigenvalue weighted by Crippen LogP contribution is 2.19. The molecule has 0 bridgehead atoms. The second-order valence-electron chi connectivity index (χ2n) is 2.16. The Bertz CT molecular complexity index is 308. The van der Waals surface area contributed by atoms with E-state index < -0.39 is 30.9 Å². The van der Waals surface area contributed by atoms with Crippen LogP contribution < -0.4 is 15.2 Å². The van der Waals surface area contributed by atoms with E-state index in [9.17, 15) is 17.6 Å². The molecule has 1 heterocycles. The molecule has 0 saturated heterocycles. The van der Waals surface area contributed by atoms with Gasteiger partial charge in [0.2, 0.25) is 17.7 Å². The number of nitrogen functional groups attached to an aromatic ring is 1. The van der Waals surface area contributed by atoms with Gasteiger partial charge in [0.05, 0.1) is 6.07 Å². The van der Waals surface area contributed by atoms with E-state index in [1.807, 2.05) is 0 Å². The fourth-order valence-corrected chi connectivity index (χ4v) is 0.724. The lowest BCUT2D eigenvalue weighted by Gasteiger charge is -2.07. The number of rotatable bonds is 4. The Balaban J connectivity index is 2.84. The SMILES string of the molecule is Nc1nc(OC(F)F)cc(OC(F)F)n1. The van der Waals surface area contributed by atoms with Crippen LogP contribution in [-0.2, 0) is 0 Å². The second-order valence-corrected chi connectivity index (χ2v) is 2.16. The van der Waals surface area contributed by atoms with E-state index in [2.05, 4.69) is 19.4 Å². The molecule has 0 fully saturated rings. The Kier molecular flexibility index (Phi) is 3.47. The van der Waals surface area contributed by atoms with E-state index >= 15 is 0 Å². The lowest BCUT2D eigenvalue weighted by atomic mass is 10.6. The first-order valence-corrected chi connectivity index (χ1v) is 3.51. The Labute approximate surface area is 80.8 Å². The van der Waals surface area contributed by atoms with Crippen molar-refractivity contribution in [3.63, 3.8) is 0 Å². The smallest absolute Gasteiger partial charge is 0.388 e. The van der Waals surface area contributed by atoms with Gasteiger partial charge in [0.15, 0.2) is 0 Å². The number of alkyl halides is 4. The molecule has 0 radical (unpaired) electrons. The average Bonchev–Trinajstić information content (AvgIpc) is 1.98. The Morgan fingerprint density at radius 3 is 1.73 bits per heavy atom. The summed E-state index contributed by atoms with van der Waals surface area (Å²) in [6.45, 7) is -6.28. The van der Waals surface area contributed by atoms with Crippen molar-refractivity contribution in [1.29, 1.82) is 0 Å². The highest BCUT2D eigenvalue weighted by Gasteiger charge is 2.12. The molecule has 0 spiro atoms. The van der Waals surface area contributed by atoms with E-state index in [1.165, 1.54) is 0 Å². The van der Waals surface area contributed by atoms with Crippen molar-refractivity contribution in [2.75, 3.05) is 5.73 Å². The summed E-state index contributed by atoms with van der Waals surface area (Å²) in [7, 11) is 0. The maximum Gasteiger partial charge on any atom is 0.388 e. The van der Waals surface area contributed by atoms with Gasteiger partial charge in [-0.25, -0.2) is 0 Å². The van der Waals surface area contributed by atoms with E-state index in [0.29, 0.717) is 6.07 Å². The maximum absolute atomic E-state index is 11.7. The van der Waals surface area contributed by atoms with Crippen molar-refractivity contribution in [2.24, 2.45) is 0 Å². The van der Waals surface area contributed by atoms with Crippen LogP contribution >= 0.6 is 0 Å². The van der Waals surface area contributed by atoms with E-state index in [1.54, 1.807) is 0 Å². The predicted molar refractivity (Wildman–Crippen MR) is 39.7 cm³/mol. The topological polar surface area (TPSA) is 70.3 Å². The Morgan fingerprint density at radius 2 is 1.40 bits per heavy atom. The van der Waals surface area contributed by atoms with Gasteiger partial charge in [0, 0.05) is 0 Å². The monoisotopic (exact) mass is 227 g/mol. The minimum Gasteiger partial charge on any atom is -0.417 e. The van der Waals surface area contributed by atoms with Crippen molar-refractivity contribution in [3.8, 4) is 11.8 Å². The van der Waals surface area contributed by atoms with Crippen molar-refractivity contribution in [2.45, 2.75) is 13.2 Å². The highest BCUT2D eigenvalue weighted by molar-refractivity contribution is 5.29. The molecule has 9 heteroatoms. The van der Waals surface area contributed by atoms with Crippen LogP contribution in [0.4, 0.5) is 23.5 Å². The van der Waals surface area contributed by atoms with Crippen LogP contribution in [-0.4, -0.2) is 23.2 Å². The van der Waals surface area contributed by atoms with Gasteiger partial charge in [-0.2, -0.15) is 27.5 Å². The lowest BCUT2D eigenvalue weighted by molar-refractivity contribution is -0.0579. The Morgan fingerprint density at radius 1 is 1.00 bits per heavy atom. The maximum atomic E-state index is 11.7. The second kappa shape index (κ2) is 4.62. The number of nitrogens with zero attached hydrogens (tertiary/aromatic N) is 2. The first-order valence-electron chi connectivity index (χ1n) is 3.51. The molecule has 84 valence electrons. The summed E-state index contributed by atoms with van der Waals surface area (Å²) in [5, 5.41) is 0. The molecular formula is C6H5F4N3O2. The molecule has 0 aliphatic carbocycles. The molecule has 0 saturated carbocycles. The van der Waals surface area contributed by atoms with Crippen molar-refractivity contribution in [1.82, 2.24) is 9.97 Å². The summed E-state index contributed by atoms with van der Waals surface area (Å²) in [4.78, 5) is 6.44. The molecule has 1 aromatic rings. The molecular weight excluding hydrogens is 222 g/mol. The Hall–Kier alpha value is -1.80. The minimum absolute atomic E-state index is 0.510. The fourth-order valence-electron chi connectivity index (χ4n) is 0.724. The largest absolute Gasteiger partial charge is 0.417 e. The van der Waals surface area contributed by atoms with Crippen molar-refractivity contribution >= 4 is 5.95 Å². The number of anilines is 1. The summed E-state index contributed by atoms with van der Waals surface area (Å²) in [5.74, 6) is -1.80. The number of halogens is 4. The molecule has 0 aromatic carbocycles. The third-order valence-corrected chi connectivity index (χ3v) is 1.12. The zero-order valence-electron chi connectivity index (χ0n) is 7.03. The molecule has 1 aromatic heterocycles. The fraction of sp³-hybridized carbons (Fsp3) is 0.333. The van der Waals surface area contributed by atoms with Crippen molar-refractivity contribution < 1.29 is 27.0 Å². The van der Waals surface area contributed by atoms with Gasteiger partial charge in [-0.05, 0) is 0 Å². The average molecular weight is 227 g/mol. The molecule has 5 nitrogen and oxygen atoms in total. The van der Waals surface area contributed by atoms with Crippen LogP contribution in [0.2, 0.25) is 0 Å². The number of ether oxygens (including phenoxy) is 2. The van der Waals surface area contributed by atoms with Gasteiger partial charge in [-0.15, -0.1) is 0 Å². The van der Waals surface area contributed by atoms with E-state index in [4.69, 9.17) is 5.73 Å². The number of nitrogens with two attached hydrogens (primary N) is 1. The van der Waals surface area contributed by atoms with Gasteiger partial charge in [0.25, 0.3) is 0 Å². The standard InChI is InChI=1S/C6H5F4N3O2/c7-4(8)14-2-1-3(15-5(9)10)13-6(11)12-2/h1,4-5H,(H2,11,12,13).